The number of aromatic nitrogens is 4. The summed E-state index contributed by atoms with van der Waals surface area (Å²) in [7, 11) is -0.105. The molecule has 0 bridgehead atoms. The Bertz CT molecular complexity index is 1630. The smallest absolute Gasteiger partial charge is 0.334 e. The van der Waals surface area contributed by atoms with Gasteiger partial charge in [-0.2, -0.15) is 0 Å². The number of anilines is 2. The lowest BCUT2D eigenvalue weighted by molar-refractivity contribution is 0.341. The number of sulfonamides is 1. The summed E-state index contributed by atoms with van der Waals surface area (Å²) in [5.74, 6) is 1.49. The van der Waals surface area contributed by atoms with E-state index in [2.05, 4.69) is 14.7 Å². The second kappa shape index (κ2) is 10.1. The molecular weight excluding hydrogens is 504 g/mol. The van der Waals surface area contributed by atoms with Crippen LogP contribution in [0.15, 0.2) is 52.2 Å². The minimum Gasteiger partial charge on any atom is -0.493 e. The van der Waals surface area contributed by atoms with E-state index in [0.29, 0.717) is 35.1 Å². The first-order valence-corrected chi connectivity index (χ1v) is 14.2. The van der Waals surface area contributed by atoms with Crippen molar-refractivity contribution in [2.75, 3.05) is 30.3 Å². The van der Waals surface area contributed by atoms with Crippen molar-refractivity contribution in [1.29, 1.82) is 0 Å². The van der Waals surface area contributed by atoms with Crippen molar-refractivity contribution in [1.82, 2.24) is 19.4 Å². The predicted molar refractivity (Wildman–Crippen MR) is 148 cm³/mol. The first-order chi connectivity index (χ1) is 18.2. The number of benzene rings is 2. The average molecular weight is 537 g/mol. The van der Waals surface area contributed by atoms with Crippen LogP contribution in [0.3, 0.4) is 0 Å². The molecule has 0 radical (unpaired) electrons. The molecule has 38 heavy (non-hydrogen) atoms. The number of ether oxygens (including phenoxy) is 1. The quantitative estimate of drug-likeness (QED) is 0.344. The fraction of sp³-hybridized carbons (Fsp3) is 0.370. The second-order valence-electron chi connectivity index (χ2n) is 9.71. The van der Waals surface area contributed by atoms with E-state index in [1.807, 2.05) is 38.1 Å². The molecule has 2 N–H and O–H groups in total. The Morgan fingerprint density at radius 1 is 1.11 bits per heavy atom. The van der Waals surface area contributed by atoms with Gasteiger partial charge in [0.15, 0.2) is 5.65 Å². The maximum absolute atomic E-state index is 13.3. The second-order valence-corrected chi connectivity index (χ2v) is 11.4. The predicted octanol–water partition coefficient (Wildman–Crippen LogP) is 4.32. The summed E-state index contributed by atoms with van der Waals surface area (Å²) in [5, 5.41) is 0. The highest BCUT2D eigenvalue weighted by atomic mass is 32.2. The minimum absolute atomic E-state index is 0.0240. The summed E-state index contributed by atoms with van der Waals surface area (Å²) in [6, 6.07) is 11.6. The van der Waals surface area contributed by atoms with E-state index in [4.69, 9.17) is 9.72 Å². The van der Waals surface area contributed by atoms with Crippen molar-refractivity contribution in [2.45, 2.75) is 50.3 Å². The third kappa shape index (κ3) is 4.85. The van der Waals surface area contributed by atoms with E-state index in [0.717, 1.165) is 37.1 Å². The van der Waals surface area contributed by atoms with Gasteiger partial charge in [0.1, 0.15) is 17.4 Å². The molecule has 0 unspecified atom stereocenters. The van der Waals surface area contributed by atoms with Crippen LogP contribution in [0, 0.1) is 6.92 Å². The van der Waals surface area contributed by atoms with Crippen LogP contribution < -0.4 is 20.0 Å². The lowest BCUT2D eigenvalue weighted by Gasteiger charge is -2.15. The molecule has 1 saturated carbocycles. The maximum Gasteiger partial charge on any atom is 0.334 e. The normalized spacial score (nSPS) is 14.2. The highest BCUT2D eigenvalue weighted by molar-refractivity contribution is 7.92. The largest absolute Gasteiger partial charge is 0.493 e. The molecule has 0 aliphatic heterocycles. The Balaban J connectivity index is 1.58. The molecular formula is C27H32N6O4S. The molecule has 2 heterocycles. The Morgan fingerprint density at radius 2 is 1.82 bits per heavy atom. The summed E-state index contributed by atoms with van der Waals surface area (Å²) >= 11 is 0. The van der Waals surface area contributed by atoms with E-state index in [9.17, 15) is 13.2 Å². The maximum atomic E-state index is 13.3. The number of aromatic amines is 1. The molecule has 2 aromatic heterocycles. The molecule has 1 fully saturated rings. The van der Waals surface area contributed by atoms with Gasteiger partial charge < -0.3 is 9.64 Å². The van der Waals surface area contributed by atoms with E-state index >= 15 is 0 Å². The lowest BCUT2D eigenvalue weighted by atomic mass is 10.0. The van der Waals surface area contributed by atoms with Crippen molar-refractivity contribution in [3.05, 3.63) is 64.5 Å². The highest BCUT2D eigenvalue weighted by Crippen LogP contribution is 2.36. The number of hydrogen-bond acceptors (Lipinski definition) is 7. The third-order valence-electron chi connectivity index (χ3n) is 6.89. The Labute approximate surface area is 221 Å². The van der Waals surface area contributed by atoms with Crippen LogP contribution in [0.1, 0.15) is 50.0 Å². The molecule has 0 spiro atoms. The van der Waals surface area contributed by atoms with Gasteiger partial charge in [-0.1, -0.05) is 12.8 Å². The van der Waals surface area contributed by atoms with E-state index in [1.54, 1.807) is 25.1 Å². The van der Waals surface area contributed by atoms with Crippen molar-refractivity contribution >= 4 is 27.0 Å². The molecule has 4 aromatic rings. The van der Waals surface area contributed by atoms with E-state index in [-0.39, 0.29) is 22.3 Å². The first-order valence-electron chi connectivity index (χ1n) is 12.7. The Kier molecular flexibility index (Phi) is 6.87. The monoisotopic (exact) mass is 536 g/mol. The standard InChI is InChI=1S/C27H32N6O4S/c1-5-37-23-15-14-21(38(35,36)31-19-10-12-20(13-11-19)32(3)4)16-22(23)25-29-26-24(18-8-6-7-9-18)28-17(2)33(26)27(34)30-25/h10-16,18,31H,5-9H2,1-4H3,(H,29,30,34). The van der Waals surface area contributed by atoms with E-state index < -0.39 is 10.0 Å². The third-order valence-corrected chi connectivity index (χ3v) is 8.27. The van der Waals surface area contributed by atoms with Crippen LogP contribution in [0.2, 0.25) is 0 Å². The summed E-state index contributed by atoms with van der Waals surface area (Å²) < 4.78 is 36.5. The Hall–Kier alpha value is -3.86. The molecule has 1 aliphatic carbocycles. The molecule has 0 atom stereocenters. The van der Waals surface area contributed by atoms with Gasteiger partial charge in [0, 0.05) is 31.4 Å². The lowest BCUT2D eigenvalue weighted by Crippen LogP contribution is -2.20. The summed E-state index contributed by atoms with van der Waals surface area (Å²) in [6.45, 7) is 3.99. The zero-order valence-corrected chi connectivity index (χ0v) is 22.8. The van der Waals surface area contributed by atoms with Gasteiger partial charge >= 0.3 is 5.69 Å². The number of nitrogens with zero attached hydrogens (tertiary/aromatic N) is 4. The number of aryl methyl sites for hydroxylation is 1. The molecule has 2 aromatic carbocycles. The summed E-state index contributed by atoms with van der Waals surface area (Å²) in [4.78, 5) is 27.4. The highest BCUT2D eigenvalue weighted by Gasteiger charge is 2.26. The summed E-state index contributed by atoms with van der Waals surface area (Å²) in [6.07, 6.45) is 4.26. The van der Waals surface area contributed by atoms with Gasteiger partial charge in [-0.05, 0) is 69.2 Å². The molecule has 0 saturated heterocycles. The molecule has 1 aliphatic rings. The fourth-order valence-corrected chi connectivity index (χ4v) is 6.05. The number of hydrogen-bond donors (Lipinski definition) is 2. The zero-order chi connectivity index (χ0) is 27.0. The van der Waals surface area contributed by atoms with Crippen molar-refractivity contribution in [3.8, 4) is 17.1 Å². The number of fused-ring (bicyclic) bond motifs is 1. The Morgan fingerprint density at radius 3 is 2.47 bits per heavy atom. The topological polar surface area (TPSA) is 122 Å². The first kappa shape index (κ1) is 25.8. The van der Waals surface area contributed by atoms with Gasteiger partial charge in [0.2, 0.25) is 0 Å². The molecule has 5 rings (SSSR count). The number of H-pyrrole nitrogens is 1. The van der Waals surface area contributed by atoms with Gasteiger partial charge in [0.25, 0.3) is 10.0 Å². The SMILES string of the molecule is CCOc1ccc(S(=O)(=O)Nc2ccc(N(C)C)cc2)cc1-c1nc2c(C3CCCC3)nc(C)n2c(=O)[nH]1. The number of rotatable bonds is 8. The van der Waals surface area contributed by atoms with Gasteiger partial charge in [0.05, 0.1) is 22.8 Å². The molecule has 10 nitrogen and oxygen atoms in total. The van der Waals surface area contributed by atoms with E-state index in [1.165, 1.54) is 16.5 Å². The number of imidazole rings is 1. The van der Waals surface area contributed by atoms with Crippen LogP contribution in [0.4, 0.5) is 11.4 Å². The van der Waals surface area contributed by atoms with Crippen LogP contribution in [0.5, 0.6) is 5.75 Å². The number of nitrogens with one attached hydrogen (secondary N) is 2. The van der Waals surface area contributed by atoms with Crippen molar-refractivity contribution in [2.24, 2.45) is 0 Å². The molecule has 0 amide bonds. The van der Waals surface area contributed by atoms with Crippen molar-refractivity contribution in [3.63, 3.8) is 0 Å². The van der Waals surface area contributed by atoms with Gasteiger partial charge in [-0.3, -0.25) is 9.71 Å². The minimum atomic E-state index is -3.93. The van der Waals surface area contributed by atoms with Crippen LogP contribution in [0.25, 0.3) is 17.0 Å². The van der Waals surface area contributed by atoms with Crippen LogP contribution in [-0.4, -0.2) is 48.5 Å². The molecule has 11 heteroatoms. The van der Waals surface area contributed by atoms with Gasteiger partial charge in [-0.25, -0.2) is 27.6 Å². The fourth-order valence-electron chi connectivity index (χ4n) is 4.97. The van der Waals surface area contributed by atoms with Crippen LogP contribution >= 0.6 is 0 Å². The average Bonchev–Trinajstić information content (AvgIpc) is 3.52. The van der Waals surface area contributed by atoms with Crippen LogP contribution in [-0.2, 0) is 10.0 Å². The zero-order valence-electron chi connectivity index (χ0n) is 22.0. The summed E-state index contributed by atoms with van der Waals surface area (Å²) in [5.41, 5.74) is 2.71. The van der Waals surface area contributed by atoms with Crippen molar-refractivity contribution < 1.29 is 13.2 Å². The molecule has 200 valence electrons. The van der Waals surface area contributed by atoms with Gasteiger partial charge in [-0.15, -0.1) is 0 Å².